The fourth-order valence-electron chi connectivity index (χ4n) is 3.03. The predicted molar refractivity (Wildman–Crippen MR) is 67.0 cm³/mol. The summed E-state index contributed by atoms with van der Waals surface area (Å²) in [6.45, 7) is 6.74. The molecule has 1 saturated carbocycles. The Bertz CT molecular complexity index is 375. The molecule has 0 aromatic carbocycles. The third-order valence-corrected chi connectivity index (χ3v) is 4.46. The average Bonchev–Trinajstić information content (AvgIpc) is 2.26. The zero-order chi connectivity index (χ0) is 11.8. The van der Waals surface area contributed by atoms with Crippen molar-refractivity contribution < 1.29 is 0 Å². The summed E-state index contributed by atoms with van der Waals surface area (Å²) in [5.74, 6) is 1.24. The molecule has 16 heavy (non-hydrogen) atoms. The van der Waals surface area contributed by atoms with E-state index in [2.05, 4.69) is 31.8 Å². The van der Waals surface area contributed by atoms with Crippen LogP contribution in [0, 0.1) is 18.8 Å². The van der Waals surface area contributed by atoms with Crippen molar-refractivity contribution in [3.05, 3.63) is 29.6 Å². The van der Waals surface area contributed by atoms with E-state index in [0.29, 0.717) is 11.8 Å². The highest BCUT2D eigenvalue weighted by molar-refractivity contribution is 5.30. The molecule has 0 spiro atoms. The van der Waals surface area contributed by atoms with E-state index < -0.39 is 0 Å². The molecule has 3 atom stereocenters. The van der Waals surface area contributed by atoms with Crippen molar-refractivity contribution in [1.82, 2.24) is 4.98 Å². The van der Waals surface area contributed by atoms with E-state index in [-0.39, 0.29) is 5.54 Å². The van der Waals surface area contributed by atoms with Gasteiger partial charge in [0.25, 0.3) is 0 Å². The molecular weight excluding hydrogens is 196 g/mol. The molecule has 2 N–H and O–H groups in total. The molecule has 3 unspecified atom stereocenters. The van der Waals surface area contributed by atoms with Gasteiger partial charge in [0.15, 0.2) is 0 Å². The van der Waals surface area contributed by atoms with E-state index in [4.69, 9.17) is 5.73 Å². The quantitative estimate of drug-likeness (QED) is 0.787. The highest BCUT2D eigenvalue weighted by Crippen LogP contribution is 2.43. The van der Waals surface area contributed by atoms with Gasteiger partial charge in [-0.05, 0) is 42.4 Å². The molecule has 88 valence electrons. The Labute approximate surface area is 98.3 Å². The molecule has 2 heteroatoms. The van der Waals surface area contributed by atoms with E-state index in [0.717, 1.165) is 6.42 Å². The van der Waals surface area contributed by atoms with Crippen molar-refractivity contribution in [3.63, 3.8) is 0 Å². The number of hydrogen-bond acceptors (Lipinski definition) is 2. The Balaban J connectivity index is 2.41. The summed E-state index contributed by atoms with van der Waals surface area (Å²) in [5.41, 5.74) is 9.03. The highest BCUT2D eigenvalue weighted by atomic mass is 14.8. The maximum Gasteiger partial charge on any atom is 0.0456 e. The smallest absolute Gasteiger partial charge is 0.0456 e. The van der Waals surface area contributed by atoms with Crippen LogP contribution in [0.2, 0.25) is 0 Å². The average molecular weight is 218 g/mol. The molecular formula is C14H22N2. The highest BCUT2D eigenvalue weighted by Gasteiger charge is 2.40. The summed E-state index contributed by atoms with van der Waals surface area (Å²) in [7, 11) is 0. The van der Waals surface area contributed by atoms with Gasteiger partial charge in [0, 0.05) is 17.9 Å². The molecule has 1 aromatic heterocycles. The molecule has 2 nitrogen and oxygen atoms in total. The van der Waals surface area contributed by atoms with Gasteiger partial charge >= 0.3 is 0 Å². The first-order chi connectivity index (χ1) is 7.55. The number of nitrogens with zero attached hydrogens (tertiary/aromatic N) is 1. The van der Waals surface area contributed by atoms with Crippen LogP contribution in [-0.4, -0.2) is 4.98 Å². The number of hydrogen-bond donors (Lipinski definition) is 1. The van der Waals surface area contributed by atoms with Gasteiger partial charge in [-0.3, -0.25) is 4.98 Å². The monoisotopic (exact) mass is 218 g/mol. The Kier molecular flexibility index (Phi) is 3.02. The maximum atomic E-state index is 6.68. The number of aromatic nitrogens is 1. The summed E-state index contributed by atoms with van der Waals surface area (Å²) < 4.78 is 0. The fourth-order valence-corrected chi connectivity index (χ4v) is 3.03. The largest absolute Gasteiger partial charge is 0.321 e. The number of aryl methyl sites for hydroxylation is 1. The first-order valence-electron chi connectivity index (χ1n) is 6.25. The molecule has 0 bridgehead atoms. The van der Waals surface area contributed by atoms with E-state index in [9.17, 15) is 0 Å². The lowest BCUT2D eigenvalue weighted by molar-refractivity contribution is 0.143. The molecule has 0 radical (unpaired) electrons. The van der Waals surface area contributed by atoms with Crippen molar-refractivity contribution in [2.75, 3.05) is 0 Å². The molecule has 1 aliphatic rings. The van der Waals surface area contributed by atoms with E-state index in [1.165, 1.54) is 24.0 Å². The summed E-state index contributed by atoms with van der Waals surface area (Å²) in [6, 6.07) is 2.07. The van der Waals surface area contributed by atoms with E-state index >= 15 is 0 Å². The molecule has 0 amide bonds. The Morgan fingerprint density at radius 3 is 2.88 bits per heavy atom. The van der Waals surface area contributed by atoms with Crippen molar-refractivity contribution in [2.24, 2.45) is 17.6 Å². The summed E-state index contributed by atoms with van der Waals surface area (Å²) >= 11 is 0. The van der Waals surface area contributed by atoms with Crippen molar-refractivity contribution in [2.45, 2.75) is 45.6 Å². The summed E-state index contributed by atoms with van der Waals surface area (Å²) in [6.07, 6.45) is 7.43. The number of rotatable bonds is 1. The molecule has 1 fully saturated rings. The summed E-state index contributed by atoms with van der Waals surface area (Å²) in [5, 5.41) is 0. The Morgan fingerprint density at radius 2 is 2.19 bits per heavy atom. The maximum absolute atomic E-state index is 6.68. The lowest BCUT2D eigenvalue weighted by Crippen LogP contribution is -2.48. The standard InChI is InChI=1S/C14H22N2/c1-10-5-4-7-14(15,12(10)3)13-9-16-8-6-11(13)2/h6,8-10,12H,4-5,7,15H2,1-3H3. The van der Waals surface area contributed by atoms with Gasteiger partial charge in [-0.2, -0.15) is 0 Å². The fraction of sp³-hybridized carbons (Fsp3) is 0.643. The molecule has 1 heterocycles. The molecule has 1 aromatic rings. The van der Waals surface area contributed by atoms with E-state index in [1.54, 1.807) is 0 Å². The zero-order valence-electron chi connectivity index (χ0n) is 10.5. The zero-order valence-corrected chi connectivity index (χ0v) is 10.5. The number of nitrogens with two attached hydrogens (primary N) is 1. The minimum Gasteiger partial charge on any atom is -0.321 e. The van der Waals surface area contributed by atoms with Crippen LogP contribution in [0.1, 0.15) is 44.2 Å². The van der Waals surface area contributed by atoms with Crippen LogP contribution in [-0.2, 0) is 5.54 Å². The lowest BCUT2D eigenvalue weighted by Gasteiger charge is -2.44. The van der Waals surface area contributed by atoms with Crippen molar-refractivity contribution in [1.29, 1.82) is 0 Å². The van der Waals surface area contributed by atoms with Crippen LogP contribution in [0.15, 0.2) is 18.5 Å². The predicted octanol–water partition coefficient (Wildman–Crippen LogP) is 3.00. The Hall–Kier alpha value is -0.890. The van der Waals surface area contributed by atoms with Crippen LogP contribution in [0.25, 0.3) is 0 Å². The minimum absolute atomic E-state index is 0.171. The second-order valence-electron chi connectivity index (χ2n) is 5.39. The molecule has 2 rings (SSSR count). The van der Waals surface area contributed by atoms with Crippen LogP contribution in [0.3, 0.4) is 0 Å². The van der Waals surface area contributed by atoms with Crippen LogP contribution < -0.4 is 5.73 Å². The molecule has 0 aliphatic heterocycles. The van der Waals surface area contributed by atoms with Gasteiger partial charge in [0.05, 0.1) is 0 Å². The topological polar surface area (TPSA) is 38.9 Å². The van der Waals surface area contributed by atoms with Crippen LogP contribution >= 0.6 is 0 Å². The minimum atomic E-state index is -0.171. The van der Waals surface area contributed by atoms with Gasteiger partial charge in [-0.25, -0.2) is 0 Å². The second kappa shape index (κ2) is 4.17. The van der Waals surface area contributed by atoms with Gasteiger partial charge in [-0.15, -0.1) is 0 Å². The third kappa shape index (κ3) is 1.75. The first-order valence-corrected chi connectivity index (χ1v) is 6.25. The second-order valence-corrected chi connectivity index (χ2v) is 5.39. The number of pyridine rings is 1. The summed E-state index contributed by atoms with van der Waals surface area (Å²) in [4.78, 5) is 4.25. The first kappa shape index (κ1) is 11.6. The van der Waals surface area contributed by atoms with Gasteiger partial charge in [-0.1, -0.05) is 26.7 Å². The van der Waals surface area contributed by atoms with Crippen LogP contribution in [0.4, 0.5) is 0 Å². The Morgan fingerprint density at radius 1 is 1.44 bits per heavy atom. The SMILES string of the molecule is Cc1ccncc1C1(N)CCCC(C)C1C. The van der Waals surface area contributed by atoms with Crippen molar-refractivity contribution >= 4 is 0 Å². The normalized spacial score (nSPS) is 35.0. The van der Waals surface area contributed by atoms with Crippen LogP contribution in [0.5, 0.6) is 0 Å². The molecule has 0 saturated heterocycles. The van der Waals surface area contributed by atoms with Gasteiger partial charge in [0.1, 0.15) is 0 Å². The van der Waals surface area contributed by atoms with Gasteiger partial charge < -0.3 is 5.73 Å². The molecule has 1 aliphatic carbocycles. The lowest BCUT2D eigenvalue weighted by atomic mass is 9.65. The van der Waals surface area contributed by atoms with Gasteiger partial charge in [0.2, 0.25) is 0 Å². The third-order valence-electron chi connectivity index (χ3n) is 4.46. The van der Waals surface area contributed by atoms with Crippen molar-refractivity contribution in [3.8, 4) is 0 Å². The van der Waals surface area contributed by atoms with E-state index in [1.807, 2.05) is 12.4 Å².